The van der Waals surface area contributed by atoms with Crippen molar-refractivity contribution in [2.24, 2.45) is 0 Å². The number of rotatable bonds is 8. The molecule has 23 heavy (non-hydrogen) atoms. The zero-order valence-electron chi connectivity index (χ0n) is 13.2. The molecule has 0 aromatic heterocycles. The lowest BCUT2D eigenvalue weighted by Gasteiger charge is -2.08. The number of benzene rings is 2. The first-order chi connectivity index (χ1) is 11.2. The molecule has 0 atom stereocenters. The van der Waals surface area contributed by atoms with E-state index in [2.05, 4.69) is 63.0 Å². The maximum atomic E-state index is 11.7. The van der Waals surface area contributed by atoms with Gasteiger partial charge in [-0.15, -0.1) is 0 Å². The number of nitrogens with one attached hydrogen (secondary N) is 2. The molecule has 2 amide bonds. The van der Waals surface area contributed by atoms with Crippen LogP contribution in [0.5, 0.6) is 0 Å². The van der Waals surface area contributed by atoms with Crippen LogP contribution in [0, 0.1) is 0 Å². The Kier molecular flexibility index (Phi) is 7.67. The molecular formula is C19H23BrN2O. The van der Waals surface area contributed by atoms with Gasteiger partial charge in [0, 0.05) is 17.6 Å². The van der Waals surface area contributed by atoms with Crippen molar-refractivity contribution in [1.29, 1.82) is 0 Å². The van der Waals surface area contributed by atoms with Crippen LogP contribution in [0.4, 0.5) is 4.79 Å². The van der Waals surface area contributed by atoms with Crippen LogP contribution >= 0.6 is 15.9 Å². The Bertz CT molecular complexity index is 601. The lowest BCUT2D eigenvalue weighted by Crippen LogP contribution is -2.37. The van der Waals surface area contributed by atoms with Crippen molar-refractivity contribution in [2.45, 2.75) is 25.7 Å². The fourth-order valence-corrected chi connectivity index (χ4v) is 2.82. The van der Waals surface area contributed by atoms with Gasteiger partial charge in [0.2, 0.25) is 0 Å². The molecule has 2 rings (SSSR count). The van der Waals surface area contributed by atoms with Crippen molar-refractivity contribution < 1.29 is 4.79 Å². The lowest BCUT2D eigenvalue weighted by molar-refractivity contribution is 0.241. The standard InChI is InChI=1S/C19H23BrN2O/c20-18-11-6-10-17(15-18)12-14-22-19(23)21-13-5-4-9-16-7-2-1-3-8-16/h1-3,6-8,10-11,15H,4-5,9,12-14H2,(H2,21,22,23). The Labute approximate surface area is 146 Å². The van der Waals surface area contributed by atoms with Crippen molar-refractivity contribution in [1.82, 2.24) is 10.6 Å². The minimum Gasteiger partial charge on any atom is -0.338 e. The summed E-state index contributed by atoms with van der Waals surface area (Å²) in [4.78, 5) is 11.7. The van der Waals surface area contributed by atoms with Crippen LogP contribution in [0.2, 0.25) is 0 Å². The molecular weight excluding hydrogens is 352 g/mol. The van der Waals surface area contributed by atoms with Crippen LogP contribution in [0.3, 0.4) is 0 Å². The monoisotopic (exact) mass is 374 g/mol. The van der Waals surface area contributed by atoms with Crippen LogP contribution in [0.25, 0.3) is 0 Å². The highest BCUT2D eigenvalue weighted by atomic mass is 79.9. The number of hydrogen-bond acceptors (Lipinski definition) is 1. The SMILES string of the molecule is O=C(NCCCCc1ccccc1)NCCc1cccc(Br)c1. The van der Waals surface area contributed by atoms with E-state index < -0.39 is 0 Å². The molecule has 2 N–H and O–H groups in total. The summed E-state index contributed by atoms with van der Waals surface area (Å²) in [5, 5.41) is 5.80. The lowest BCUT2D eigenvalue weighted by atomic mass is 10.1. The van der Waals surface area contributed by atoms with E-state index in [1.54, 1.807) is 0 Å². The van der Waals surface area contributed by atoms with Gasteiger partial charge in [-0.1, -0.05) is 58.4 Å². The molecule has 0 bridgehead atoms. The van der Waals surface area contributed by atoms with Crippen LogP contribution in [0.1, 0.15) is 24.0 Å². The first-order valence-corrected chi connectivity index (χ1v) is 8.83. The average Bonchev–Trinajstić information content (AvgIpc) is 2.55. The molecule has 0 aliphatic rings. The molecule has 122 valence electrons. The molecule has 0 fully saturated rings. The number of unbranched alkanes of at least 4 members (excludes halogenated alkanes) is 1. The molecule has 0 aliphatic carbocycles. The Morgan fingerprint density at radius 2 is 1.57 bits per heavy atom. The number of carbonyl (C=O) groups excluding carboxylic acids is 1. The fourth-order valence-electron chi connectivity index (χ4n) is 2.38. The smallest absolute Gasteiger partial charge is 0.314 e. The van der Waals surface area contributed by atoms with E-state index in [1.165, 1.54) is 11.1 Å². The van der Waals surface area contributed by atoms with Gasteiger partial charge in [-0.25, -0.2) is 4.79 Å². The third-order valence-electron chi connectivity index (χ3n) is 3.61. The van der Waals surface area contributed by atoms with Gasteiger partial charge in [-0.3, -0.25) is 0 Å². The van der Waals surface area contributed by atoms with Crippen molar-refractivity contribution in [3.05, 3.63) is 70.2 Å². The van der Waals surface area contributed by atoms with Crippen molar-refractivity contribution in [2.75, 3.05) is 13.1 Å². The summed E-state index contributed by atoms with van der Waals surface area (Å²) in [5.41, 5.74) is 2.56. The summed E-state index contributed by atoms with van der Waals surface area (Å²) < 4.78 is 1.07. The van der Waals surface area contributed by atoms with E-state index in [-0.39, 0.29) is 6.03 Å². The summed E-state index contributed by atoms with van der Waals surface area (Å²) in [7, 11) is 0. The summed E-state index contributed by atoms with van der Waals surface area (Å²) in [6.07, 6.45) is 3.98. The van der Waals surface area contributed by atoms with Gasteiger partial charge in [0.25, 0.3) is 0 Å². The van der Waals surface area contributed by atoms with E-state index in [4.69, 9.17) is 0 Å². The largest absolute Gasteiger partial charge is 0.338 e. The van der Waals surface area contributed by atoms with Gasteiger partial charge in [0.15, 0.2) is 0 Å². The molecule has 0 unspecified atom stereocenters. The van der Waals surface area contributed by atoms with Gasteiger partial charge < -0.3 is 10.6 Å². The van der Waals surface area contributed by atoms with E-state index in [0.29, 0.717) is 6.54 Å². The Morgan fingerprint density at radius 1 is 0.826 bits per heavy atom. The molecule has 0 spiro atoms. The molecule has 2 aromatic rings. The minimum absolute atomic E-state index is 0.0836. The molecule has 0 heterocycles. The highest BCUT2D eigenvalue weighted by molar-refractivity contribution is 9.10. The average molecular weight is 375 g/mol. The Hall–Kier alpha value is -1.81. The van der Waals surface area contributed by atoms with Gasteiger partial charge in [0.05, 0.1) is 0 Å². The second-order valence-corrected chi connectivity index (χ2v) is 6.42. The van der Waals surface area contributed by atoms with Crippen LogP contribution in [0.15, 0.2) is 59.1 Å². The number of urea groups is 1. The maximum absolute atomic E-state index is 11.7. The van der Waals surface area contributed by atoms with Crippen LogP contribution in [-0.4, -0.2) is 19.1 Å². The topological polar surface area (TPSA) is 41.1 Å². The molecule has 0 aliphatic heterocycles. The van der Waals surface area contributed by atoms with E-state index in [0.717, 1.165) is 36.7 Å². The zero-order valence-corrected chi connectivity index (χ0v) is 14.8. The van der Waals surface area contributed by atoms with Gasteiger partial charge in [-0.2, -0.15) is 0 Å². The highest BCUT2D eigenvalue weighted by Crippen LogP contribution is 2.11. The summed E-state index contributed by atoms with van der Waals surface area (Å²) in [5.74, 6) is 0. The predicted octanol–water partition coefficient (Wildman–Crippen LogP) is 4.31. The molecule has 0 radical (unpaired) electrons. The van der Waals surface area contributed by atoms with Crippen LogP contribution < -0.4 is 10.6 Å². The fraction of sp³-hybridized carbons (Fsp3) is 0.316. The second kappa shape index (κ2) is 10.1. The van der Waals surface area contributed by atoms with E-state index in [1.807, 2.05) is 18.2 Å². The Morgan fingerprint density at radius 3 is 2.35 bits per heavy atom. The van der Waals surface area contributed by atoms with Crippen molar-refractivity contribution in [3.63, 3.8) is 0 Å². The third-order valence-corrected chi connectivity index (χ3v) is 4.10. The minimum atomic E-state index is -0.0836. The van der Waals surface area contributed by atoms with Crippen molar-refractivity contribution >= 4 is 22.0 Å². The van der Waals surface area contributed by atoms with Gasteiger partial charge in [0.1, 0.15) is 0 Å². The number of hydrogen-bond donors (Lipinski definition) is 2. The molecule has 4 heteroatoms. The van der Waals surface area contributed by atoms with E-state index in [9.17, 15) is 4.79 Å². The Balaban J connectivity index is 1.52. The predicted molar refractivity (Wildman–Crippen MR) is 98.6 cm³/mol. The van der Waals surface area contributed by atoms with Crippen molar-refractivity contribution in [3.8, 4) is 0 Å². The molecule has 3 nitrogen and oxygen atoms in total. The zero-order chi connectivity index (χ0) is 16.3. The summed E-state index contributed by atoms with van der Waals surface area (Å²) in [6, 6.07) is 18.5. The third kappa shape index (κ3) is 7.33. The first-order valence-electron chi connectivity index (χ1n) is 8.04. The summed E-state index contributed by atoms with van der Waals surface area (Å²) in [6.45, 7) is 1.36. The number of amides is 2. The normalized spacial score (nSPS) is 10.3. The van der Waals surface area contributed by atoms with Gasteiger partial charge >= 0.3 is 6.03 Å². The summed E-state index contributed by atoms with van der Waals surface area (Å²) >= 11 is 3.45. The number of halogens is 1. The number of aryl methyl sites for hydroxylation is 1. The van der Waals surface area contributed by atoms with E-state index >= 15 is 0 Å². The van der Waals surface area contributed by atoms with Crippen LogP contribution in [-0.2, 0) is 12.8 Å². The molecule has 0 saturated carbocycles. The maximum Gasteiger partial charge on any atom is 0.314 e. The highest BCUT2D eigenvalue weighted by Gasteiger charge is 2.00. The quantitative estimate of drug-likeness (QED) is 0.663. The molecule has 0 saturated heterocycles. The second-order valence-electron chi connectivity index (χ2n) is 5.51. The first kappa shape index (κ1) is 17.5. The number of carbonyl (C=O) groups is 1. The van der Waals surface area contributed by atoms with Gasteiger partial charge in [-0.05, 0) is 48.9 Å². The molecule has 2 aromatic carbocycles.